The molecule has 0 spiro atoms. The van der Waals surface area contributed by atoms with Gasteiger partial charge in [-0.05, 0) is 37.8 Å². The maximum atomic E-state index is 12.9. The van der Waals surface area contributed by atoms with Gasteiger partial charge in [0.05, 0.1) is 17.7 Å². The molecular formula is C19H25N5O4S. The fourth-order valence-corrected chi connectivity index (χ4v) is 5.74. The van der Waals surface area contributed by atoms with Crippen LogP contribution in [0, 0.1) is 30.1 Å². The second-order valence-corrected chi connectivity index (χ2v) is 9.52. The van der Waals surface area contributed by atoms with Gasteiger partial charge in [0, 0.05) is 18.6 Å². The monoisotopic (exact) mass is 419 g/mol. The van der Waals surface area contributed by atoms with Crippen LogP contribution in [0.25, 0.3) is 0 Å². The molecule has 2 aliphatic heterocycles. The van der Waals surface area contributed by atoms with Crippen LogP contribution in [0.5, 0.6) is 0 Å². The molecule has 3 rings (SSSR count). The Morgan fingerprint density at radius 2 is 2.17 bits per heavy atom. The summed E-state index contributed by atoms with van der Waals surface area (Å²) in [6.07, 6.45) is 0.730. The molecule has 1 saturated heterocycles. The molecule has 9 nitrogen and oxygen atoms in total. The summed E-state index contributed by atoms with van der Waals surface area (Å²) in [4.78, 5) is 24.9. The first-order chi connectivity index (χ1) is 13.6. The number of sulfonamides is 1. The molecule has 3 N–H and O–H groups in total. The third-order valence-corrected chi connectivity index (χ3v) is 7.43. The van der Waals surface area contributed by atoms with Gasteiger partial charge in [-0.2, -0.15) is 5.26 Å². The van der Waals surface area contributed by atoms with Crippen molar-refractivity contribution >= 4 is 27.6 Å². The summed E-state index contributed by atoms with van der Waals surface area (Å²) in [5, 5.41) is 17.7. The van der Waals surface area contributed by atoms with E-state index in [1.807, 2.05) is 13.8 Å². The van der Waals surface area contributed by atoms with Crippen molar-refractivity contribution in [2.75, 3.05) is 18.4 Å². The zero-order valence-electron chi connectivity index (χ0n) is 16.6. The Morgan fingerprint density at radius 3 is 2.83 bits per heavy atom. The van der Waals surface area contributed by atoms with Crippen LogP contribution in [-0.2, 0) is 14.8 Å². The minimum Gasteiger partial charge on any atom is -0.350 e. The smallest absolute Gasteiger partial charge is 0.336 e. The number of nitriles is 1. The molecule has 0 radical (unpaired) electrons. The number of amides is 3. The number of hydrogen-bond donors (Lipinski definition) is 3. The molecule has 1 fully saturated rings. The van der Waals surface area contributed by atoms with E-state index in [-0.39, 0.29) is 34.5 Å². The Bertz CT molecular complexity index is 971. The van der Waals surface area contributed by atoms with Gasteiger partial charge in [-0.15, -0.1) is 0 Å². The van der Waals surface area contributed by atoms with E-state index in [1.54, 1.807) is 19.1 Å². The molecule has 1 aromatic carbocycles. The predicted octanol–water partition coefficient (Wildman–Crippen LogP) is 1.17. The highest BCUT2D eigenvalue weighted by Crippen LogP contribution is 2.32. The van der Waals surface area contributed by atoms with Gasteiger partial charge >= 0.3 is 6.03 Å². The molecule has 10 heteroatoms. The first-order valence-corrected chi connectivity index (χ1v) is 10.9. The van der Waals surface area contributed by atoms with Gasteiger partial charge < -0.3 is 16.0 Å². The maximum Gasteiger partial charge on any atom is 0.336 e. The molecule has 0 aromatic heterocycles. The largest absolute Gasteiger partial charge is 0.350 e. The standard InChI is InChI=1S/C19H25N5O4S/c1-11-5-4-6-15-18(11)29(27,28)24(19(26)23-15)10-16(25)22-13(3)17-12(2)7-14(8-20)9-21-17/h4-6,12-14,17,21H,7,9-10H2,1-3H3,(H,22,25)(H,23,26)/t12?,13-,14?,17?/m1/s1. The van der Waals surface area contributed by atoms with Gasteiger partial charge in [0.15, 0.2) is 0 Å². The Labute approximate surface area is 170 Å². The highest BCUT2D eigenvalue weighted by molar-refractivity contribution is 7.90. The number of nitrogens with one attached hydrogen (secondary N) is 3. The van der Waals surface area contributed by atoms with E-state index in [1.165, 1.54) is 6.07 Å². The van der Waals surface area contributed by atoms with E-state index in [4.69, 9.17) is 5.26 Å². The number of carbonyl (C=O) groups excluding carboxylic acids is 2. The summed E-state index contributed by atoms with van der Waals surface area (Å²) in [6, 6.07) is 5.87. The SMILES string of the molecule is Cc1cccc2c1S(=O)(=O)N(CC(=O)N[C@H](C)C1NCC(C#N)CC1C)C(=O)N2. The second kappa shape index (κ2) is 8.00. The Kier molecular flexibility index (Phi) is 5.82. The van der Waals surface area contributed by atoms with Crippen molar-refractivity contribution in [3.05, 3.63) is 23.8 Å². The van der Waals surface area contributed by atoms with Gasteiger partial charge in [-0.3, -0.25) is 4.79 Å². The lowest BCUT2D eigenvalue weighted by Gasteiger charge is -2.37. The van der Waals surface area contributed by atoms with Gasteiger partial charge in [-0.25, -0.2) is 17.5 Å². The lowest BCUT2D eigenvalue weighted by Crippen LogP contribution is -2.57. The van der Waals surface area contributed by atoms with E-state index in [0.29, 0.717) is 16.4 Å². The number of benzene rings is 1. The van der Waals surface area contributed by atoms with E-state index in [0.717, 1.165) is 6.42 Å². The van der Waals surface area contributed by atoms with Crippen molar-refractivity contribution in [3.8, 4) is 6.07 Å². The molecule has 1 aromatic rings. The summed E-state index contributed by atoms with van der Waals surface area (Å²) < 4.78 is 26.4. The maximum absolute atomic E-state index is 12.9. The number of fused-ring (bicyclic) bond motifs is 1. The molecule has 0 bridgehead atoms. The number of anilines is 1. The van der Waals surface area contributed by atoms with Gasteiger partial charge in [0.1, 0.15) is 11.4 Å². The molecule has 3 amide bonds. The van der Waals surface area contributed by atoms with Gasteiger partial charge in [-0.1, -0.05) is 19.1 Å². The fraction of sp³-hybridized carbons (Fsp3) is 0.526. The third kappa shape index (κ3) is 4.06. The molecule has 3 unspecified atom stereocenters. The topological polar surface area (TPSA) is 131 Å². The lowest BCUT2D eigenvalue weighted by atomic mass is 9.83. The number of hydrogen-bond acceptors (Lipinski definition) is 6. The lowest BCUT2D eigenvalue weighted by molar-refractivity contribution is -0.121. The number of rotatable bonds is 4. The molecule has 0 saturated carbocycles. The Balaban J connectivity index is 1.70. The van der Waals surface area contributed by atoms with Crippen LogP contribution in [0.15, 0.2) is 23.1 Å². The molecule has 4 atom stereocenters. The number of piperidine rings is 1. The molecule has 0 aliphatic carbocycles. The fourth-order valence-electron chi connectivity index (χ4n) is 4.09. The van der Waals surface area contributed by atoms with Gasteiger partial charge in [0.2, 0.25) is 5.91 Å². The first kappa shape index (κ1) is 21.1. The van der Waals surface area contributed by atoms with Crippen LogP contribution in [0.1, 0.15) is 25.8 Å². The van der Waals surface area contributed by atoms with E-state index < -0.39 is 28.5 Å². The Morgan fingerprint density at radius 1 is 1.45 bits per heavy atom. The van der Waals surface area contributed by atoms with Crippen LogP contribution < -0.4 is 16.0 Å². The third-order valence-electron chi connectivity index (χ3n) is 5.49. The number of urea groups is 1. The average Bonchev–Trinajstić information content (AvgIpc) is 2.64. The van der Waals surface area contributed by atoms with Crippen LogP contribution >= 0.6 is 0 Å². The molecular weight excluding hydrogens is 394 g/mol. The molecule has 29 heavy (non-hydrogen) atoms. The van der Waals surface area contributed by atoms with Crippen LogP contribution in [0.2, 0.25) is 0 Å². The van der Waals surface area contributed by atoms with Gasteiger partial charge in [0.25, 0.3) is 10.0 Å². The summed E-state index contributed by atoms with van der Waals surface area (Å²) in [6.45, 7) is 5.41. The summed E-state index contributed by atoms with van der Waals surface area (Å²) in [5.74, 6) is -0.459. The summed E-state index contributed by atoms with van der Waals surface area (Å²) in [5.41, 5.74) is 0.709. The second-order valence-electron chi connectivity index (χ2n) is 7.72. The minimum absolute atomic E-state index is 0.00515. The van der Waals surface area contributed by atoms with Crippen LogP contribution in [-0.4, -0.2) is 49.8 Å². The zero-order chi connectivity index (χ0) is 21.3. The van der Waals surface area contributed by atoms with E-state index in [9.17, 15) is 18.0 Å². The first-order valence-electron chi connectivity index (χ1n) is 9.50. The van der Waals surface area contributed by atoms with Crippen LogP contribution in [0.3, 0.4) is 0 Å². The Hall–Kier alpha value is -2.64. The zero-order valence-corrected chi connectivity index (χ0v) is 17.4. The number of aryl methyl sites for hydroxylation is 1. The molecule has 2 heterocycles. The van der Waals surface area contributed by atoms with E-state index >= 15 is 0 Å². The van der Waals surface area contributed by atoms with Crippen molar-refractivity contribution in [1.82, 2.24) is 14.9 Å². The average molecular weight is 420 g/mol. The van der Waals surface area contributed by atoms with Crippen molar-refractivity contribution in [3.63, 3.8) is 0 Å². The number of nitrogens with zero attached hydrogens (tertiary/aromatic N) is 2. The minimum atomic E-state index is -4.13. The molecule has 156 valence electrons. The predicted molar refractivity (Wildman–Crippen MR) is 106 cm³/mol. The van der Waals surface area contributed by atoms with Crippen molar-refractivity contribution in [1.29, 1.82) is 5.26 Å². The highest BCUT2D eigenvalue weighted by atomic mass is 32.2. The van der Waals surface area contributed by atoms with Crippen molar-refractivity contribution in [2.45, 2.75) is 44.2 Å². The highest BCUT2D eigenvalue weighted by Gasteiger charge is 2.39. The van der Waals surface area contributed by atoms with Crippen LogP contribution in [0.4, 0.5) is 10.5 Å². The summed E-state index contributed by atoms with van der Waals surface area (Å²) in [7, 11) is -4.13. The van der Waals surface area contributed by atoms with E-state index in [2.05, 4.69) is 22.0 Å². The number of carbonyl (C=O) groups is 2. The molecule has 2 aliphatic rings. The van der Waals surface area contributed by atoms with Crippen molar-refractivity contribution < 1.29 is 18.0 Å². The summed E-state index contributed by atoms with van der Waals surface area (Å²) >= 11 is 0. The quantitative estimate of drug-likeness (QED) is 0.671. The normalized spacial score (nSPS) is 26.6. The van der Waals surface area contributed by atoms with Crippen molar-refractivity contribution in [2.24, 2.45) is 11.8 Å².